The Balaban J connectivity index is 1.84. The Bertz CT molecular complexity index is 629. The predicted octanol–water partition coefficient (Wildman–Crippen LogP) is 1.33. The lowest BCUT2D eigenvalue weighted by Crippen LogP contribution is -2.15. The molecule has 1 aliphatic carbocycles. The largest absolute Gasteiger partial charge is 0.367 e. The topological polar surface area (TPSA) is 75.1 Å². The number of nitrogens with one attached hydrogen (secondary N) is 2. The first kappa shape index (κ1) is 11.3. The molecular weight excluding hydrogens is 230 g/mol. The van der Waals surface area contributed by atoms with Gasteiger partial charge in [0.05, 0.1) is 0 Å². The summed E-state index contributed by atoms with van der Waals surface area (Å²) in [5, 5.41) is 9.81. The third kappa shape index (κ3) is 1.87. The Morgan fingerprint density at radius 2 is 2.44 bits per heavy atom. The molecule has 0 spiro atoms. The van der Waals surface area contributed by atoms with E-state index in [0.717, 1.165) is 11.7 Å². The molecule has 2 heterocycles. The van der Waals surface area contributed by atoms with Crippen LogP contribution < -0.4 is 11.0 Å². The van der Waals surface area contributed by atoms with Gasteiger partial charge in [0.1, 0.15) is 11.6 Å². The number of aryl methyl sites for hydroxylation is 1. The van der Waals surface area contributed by atoms with Gasteiger partial charge in [-0.3, -0.25) is 0 Å². The predicted molar refractivity (Wildman–Crippen MR) is 68.8 cm³/mol. The van der Waals surface area contributed by atoms with Crippen molar-refractivity contribution in [3.8, 4) is 0 Å². The van der Waals surface area contributed by atoms with Gasteiger partial charge in [0, 0.05) is 12.1 Å². The van der Waals surface area contributed by atoms with Gasteiger partial charge < -0.3 is 5.32 Å². The van der Waals surface area contributed by atoms with Crippen molar-refractivity contribution in [1.82, 2.24) is 19.6 Å². The van der Waals surface area contributed by atoms with E-state index in [4.69, 9.17) is 0 Å². The van der Waals surface area contributed by atoms with Crippen LogP contribution >= 0.6 is 0 Å². The van der Waals surface area contributed by atoms with Crippen LogP contribution in [-0.2, 0) is 0 Å². The highest BCUT2D eigenvalue weighted by atomic mass is 16.1. The molecule has 18 heavy (non-hydrogen) atoms. The van der Waals surface area contributed by atoms with E-state index >= 15 is 0 Å². The van der Waals surface area contributed by atoms with Crippen molar-refractivity contribution in [2.45, 2.75) is 39.2 Å². The van der Waals surface area contributed by atoms with Crippen LogP contribution in [-0.4, -0.2) is 25.6 Å². The maximum absolute atomic E-state index is 11.5. The van der Waals surface area contributed by atoms with Gasteiger partial charge in [-0.2, -0.15) is 5.10 Å². The molecule has 0 amide bonds. The van der Waals surface area contributed by atoms with Crippen molar-refractivity contribution in [2.75, 3.05) is 5.32 Å². The Kier molecular flexibility index (Phi) is 2.57. The summed E-state index contributed by atoms with van der Waals surface area (Å²) < 4.78 is 1.47. The highest BCUT2D eigenvalue weighted by molar-refractivity contribution is 5.50. The molecule has 0 aromatic carbocycles. The lowest BCUT2D eigenvalue weighted by molar-refractivity contribution is 0.692. The summed E-state index contributed by atoms with van der Waals surface area (Å²) in [4.78, 5) is 15.9. The van der Waals surface area contributed by atoms with Gasteiger partial charge in [0.15, 0.2) is 5.65 Å². The fourth-order valence-electron chi connectivity index (χ4n) is 2.48. The molecule has 2 N–H and O–H groups in total. The molecule has 1 aliphatic rings. The second-order valence-electron chi connectivity index (χ2n) is 4.95. The molecule has 2 aromatic heterocycles. The van der Waals surface area contributed by atoms with Crippen molar-refractivity contribution in [1.29, 1.82) is 0 Å². The van der Waals surface area contributed by atoms with Gasteiger partial charge >= 0.3 is 5.69 Å². The van der Waals surface area contributed by atoms with E-state index in [9.17, 15) is 4.79 Å². The van der Waals surface area contributed by atoms with Gasteiger partial charge in [-0.15, -0.1) is 0 Å². The Labute approximate surface area is 104 Å². The van der Waals surface area contributed by atoms with Crippen LogP contribution in [0.4, 0.5) is 5.82 Å². The van der Waals surface area contributed by atoms with E-state index < -0.39 is 0 Å². The van der Waals surface area contributed by atoms with E-state index in [1.165, 1.54) is 23.7 Å². The van der Waals surface area contributed by atoms with Crippen LogP contribution in [0.5, 0.6) is 0 Å². The average Bonchev–Trinajstić information content (AvgIpc) is 2.92. The monoisotopic (exact) mass is 247 g/mol. The summed E-state index contributed by atoms with van der Waals surface area (Å²) in [5.41, 5.74) is 0.375. The third-order valence-corrected chi connectivity index (χ3v) is 3.49. The minimum atomic E-state index is -0.239. The summed E-state index contributed by atoms with van der Waals surface area (Å²) in [6.07, 6.45) is 3.71. The number of anilines is 1. The molecule has 1 fully saturated rings. The number of fused-ring (bicyclic) bond motifs is 1. The summed E-state index contributed by atoms with van der Waals surface area (Å²) in [5.74, 6) is 2.23. The molecule has 0 saturated heterocycles. The molecule has 2 aromatic rings. The quantitative estimate of drug-likeness (QED) is 0.854. The van der Waals surface area contributed by atoms with Gasteiger partial charge in [-0.05, 0) is 25.7 Å². The van der Waals surface area contributed by atoms with Crippen LogP contribution in [0.3, 0.4) is 0 Å². The normalized spacial score (nSPS) is 22.3. The fourth-order valence-corrected chi connectivity index (χ4v) is 2.48. The molecule has 6 nitrogen and oxygen atoms in total. The first-order chi connectivity index (χ1) is 8.69. The lowest BCUT2D eigenvalue weighted by Gasteiger charge is -2.06. The van der Waals surface area contributed by atoms with Gasteiger partial charge in [-0.25, -0.2) is 19.3 Å². The molecule has 0 radical (unpaired) electrons. The highest BCUT2D eigenvalue weighted by Gasteiger charge is 2.36. The zero-order valence-corrected chi connectivity index (χ0v) is 10.6. The third-order valence-electron chi connectivity index (χ3n) is 3.49. The van der Waals surface area contributed by atoms with Crippen molar-refractivity contribution >= 4 is 11.5 Å². The van der Waals surface area contributed by atoms with Crippen LogP contribution in [0.15, 0.2) is 10.9 Å². The van der Waals surface area contributed by atoms with Crippen LogP contribution in [0.1, 0.15) is 32.0 Å². The summed E-state index contributed by atoms with van der Waals surface area (Å²) in [6.45, 7) is 4.02. The fraction of sp³-hybridized carbons (Fsp3) is 0.583. The SMILES string of the molecule is CCCC1CC1Nc1cc2n[nH]c(=O)n2c(C)n1. The zero-order valence-electron chi connectivity index (χ0n) is 10.6. The van der Waals surface area contributed by atoms with Gasteiger partial charge in [0.25, 0.3) is 0 Å². The second kappa shape index (κ2) is 4.12. The zero-order chi connectivity index (χ0) is 12.7. The van der Waals surface area contributed by atoms with E-state index in [-0.39, 0.29) is 5.69 Å². The molecule has 6 heteroatoms. The molecule has 1 saturated carbocycles. The van der Waals surface area contributed by atoms with Crippen LogP contribution in [0.25, 0.3) is 5.65 Å². The van der Waals surface area contributed by atoms with E-state index in [0.29, 0.717) is 17.5 Å². The summed E-state index contributed by atoms with van der Waals surface area (Å²) in [7, 11) is 0. The van der Waals surface area contributed by atoms with E-state index in [1.54, 1.807) is 0 Å². The van der Waals surface area contributed by atoms with Crippen molar-refractivity contribution in [3.63, 3.8) is 0 Å². The van der Waals surface area contributed by atoms with Crippen molar-refractivity contribution < 1.29 is 0 Å². The smallest absolute Gasteiger partial charge is 0.349 e. The Morgan fingerprint density at radius 1 is 1.61 bits per heavy atom. The van der Waals surface area contributed by atoms with Crippen molar-refractivity contribution in [3.05, 3.63) is 22.4 Å². The van der Waals surface area contributed by atoms with Gasteiger partial charge in [0.2, 0.25) is 0 Å². The maximum Gasteiger partial charge on any atom is 0.349 e. The molecular formula is C12H17N5O. The average molecular weight is 247 g/mol. The number of hydrogen-bond donors (Lipinski definition) is 2. The molecule has 2 unspecified atom stereocenters. The summed E-state index contributed by atoms with van der Waals surface area (Å²) >= 11 is 0. The summed E-state index contributed by atoms with van der Waals surface area (Å²) in [6, 6.07) is 2.34. The maximum atomic E-state index is 11.5. The number of nitrogens with zero attached hydrogens (tertiary/aromatic N) is 3. The highest BCUT2D eigenvalue weighted by Crippen LogP contribution is 2.36. The Morgan fingerprint density at radius 3 is 3.22 bits per heavy atom. The van der Waals surface area contributed by atoms with Crippen molar-refractivity contribution in [2.24, 2.45) is 5.92 Å². The van der Waals surface area contributed by atoms with E-state index in [1.807, 2.05) is 13.0 Å². The lowest BCUT2D eigenvalue weighted by atomic mass is 10.2. The van der Waals surface area contributed by atoms with Crippen LogP contribution in [0, 0.1) is 12.8 Å². The molecule has 3 rings (SSSR count). The minimum absolute atomic E-state index is 0.239. The molecule has 2 atom stereocenters. The van der Waals surface area contributed by atoms with E-state index in [2.05, 4.69) is 27.4 Å². The molecule has 96 valence electrons. The number of rotatable bonds is 4. The second-order valence-corrected chi connectivity index (χ2v) is 4.95. The molecule has 0 bridgehead atoms. The first-order valence-electron chi connectivity index (χ1n) is 6.40. The molecule has 0 aliphatic heterocycles. The van der Waals surface area contributed by atoms with Crippen LogP contribution in [0.2, 0.25) is 0 Å². The minimum Gasteiger partial charge on any atom is -0.367 e. The first-order valence-corrected chi connectivity index (χ1v) is 6.40. The number of aromatic amines is 1. The Hall–Kier alpha value is -1.85. The standard InChI is InChI=1S/C12H17N5O/c1-3-4-8-5-9(8)14-10-6-11-15-16-12(18)17(11)7(2)13-10/h6,8-9,14H,3-5H2,1-2H3,(H,16,18). The number of hydrogen-bond acceptors (Lipinski definition) is 4. The number of aromatic nitrogens is 4. The number of H-pyrrole nitrogens is 1. The van der Waals surface area contributed by atoms with Gasteiger partial charge in [-0.1, -0.05) is 13.3 Å².